The Morgan fingerprint density at radius 3 is 2.43 bits per heavy atom. The van der Waals surface area contributed by atoms with E-state index >= 15 is 0 Å². The van der Waals surface area contributed by atoms with E-state index < -0.39 is 5.54 Å². The third-order valence-corrected chi connectivity index (χ3v) is 5.30. The first-order chi connectivity index (χ1) is 9.73. The first-order valence-corrected chi connectivity index (χ1v) is 8.61. The molecule has 2 unspecified atom stereocenters. The van der Waals surface area contributed by atoms with Crippen LogP contribution in [0, 0.1) is 16.7 Å². The number of nitriles is 1. The molecule has 1 rings (SSSR count). The highest BCUT2D eigenvalue weighted by molar-refractivity contribution is 5.05. The third kappa shape index (κ3) is 5.60. The van der Waals surface area contributed by atoms with Crippen LogP contribution in [-0.4, -0.2) is 36.1 Å². The minimum Gasteiger partial charge on any atom is -0.301 e. The van der Waals surface area contributed by atoms with Crippen LogP contribution >= 0.6 is 0 Å². The number of hydrogen-bond acceptors (Lipinski definition) is 3. The van der Waals surface area contributed by atoms with Crippen LogP contribution in [0.2, 0.25) is 0 Å². The van der Waals surface area contributed by atoms with E-state index in [2.05, 4.69) is 51.0 Å². The van der Waals surface area contributed by atoms with Crippen molar-refractivity contribution in [2.45, 2.75) is 90.8 Å². The number of rotatable bonds is 7. The van der Waals surface area contributed by atoms with Gasteiger partial charge in [0.2, 0.25) is 0 Å². The molecule has 0 heterocycles. The van der Waals surface area contributed by atoms with Gasteiger partial charge in [-0.1, -0.05) is 20.8 Å². The van der Waals surface area contributed by atoms with Gasteiger partial charge in [-0.25, -0.2) is 0 Å². The van der Waals surface area contributed by atoms with Gasteiger partial charge in [-0.15, -0.1) is 0 Å². The van der Waals surface area contributed by atoms with Crippen molar-refractivity contribution in [3.05, 3.63) is 0 Å². The van der Waals surface area contributed by atoms with Crippen molar-refractivity contribution in [3.8, 4) is 6.07 Å². The summed E-state index contributed by atoms with van der Waals surface area (Å²) >= 11 is 0. The van der Waals surface area contributed by atoms with E-state index in [0.29, 0.717) is 17.5 Å². The molecule has 0 spiro atoms. The summed E-state index contributed by atoms with van der Waals surface area (Å²) in [7, 11) is 2.24. The zero-order chi connectivity index (χ0) is 16.1. The van der Waals surface area contributed by atoms with Crippen LogP contribution in [0.1, 0.15) is 73.1 Å². The van der Waals surface area contributed by atoms with Crippen molar-refractivity contribution in [3.63, 3.8) is 0 Å². The van der Waals surface area contributed by atoms with E-state index in [4.69, 9.17) is 0 Å². The van der Waals surface area contributed by atoms with Crippen molar-refractivity contribution >= 4 is 0 Å². The monoisotopic (exact) mass is 293 g/mol. The summed E-state index contributed by atoms with van der Waals surface area (Å²) in [6.07, 6.45) is 7.18. The molecule has 1 aliphatic rings. The molecule has 0 bridgehead atoms. The molecular weight excluding hydrogens is 258 g/mol. The Morgan fingerprint density at radius 2 is 1.95 bits per heavy atom. The van der Waals surface area contributed by atoms with E-state index in [1.165, 1.54) is 25.7 Å². The van der Waals surface area contributed by atoms with Crippen LogP contribution < -0.4 is 5.32 Å². The fourth-order valence-electron chi connectivity index (χ4n) is 3.44. The topological polar surface area (TPSA) is 39.1 Å². The van der Waals surface area contributed by atoms with Gasteiger partial charge in [0.15, 0.2) is 0 Å². The van der Waals surface area contributed by atoms with E-state index in [1.54, 1.807) is 0 Å². The second kappa shape index (κ2) is 7.61. The standard InChI is InChI=1S/C18H35N3/c1-7-12-20-18(5,14-19)13-15(2)21(6)16-8-10-17(3,4)11-9-16/h15-16,20H,7-13H2,1-6H3. The second-order valence-corrected chi connectivity index (χ2v) is 7.98. The first-order valence-electron chi connectivity index (χ1n) is 8.61. The molecule has 1 aliphatic carbocycles. The Morgan fingerprint density at radius 1 is 1.38 bits per heavy atom. The Labute approximate surface area is 132 Å². The quantitative estimate of drug-likeness (QED) is 0.772. The van der Waals surface area contributed by atoms with E-state index in [-0.39, 0.29) is 0 Å². The minimum absolute atomic E-state index is 0.405. The molecule has 0 aliphatic heterocycles. The molecule has 2 atom stereocenters. The van der Waals surface area contributed by atoms with Crippen molar-refractivity contribution in [2.24, 2.45) is 5.41 Å². The Kier molecular flexibility index (Phi) is 6.69. The van der Waals surface area contributed by atoms with Crippen LogP contribution in [0.5, 0.6) is 0 Å². The SMILES string of the molecule is CCCNC(C)(C#N)CC(C)N(C)C1CCC(C)(C)CC1. The van der Waals surface area contributed by atoms with E-state index in [0.717, 1.165) is 19.4 Å². The molecule has 0 saturated heterocycles. The molecule has 0 aromatic carbocycles. The normalized spacial score (nSPS) is 23.5. The van der Waals surface area contributed by atoms with Gasteiger partial charge < -0.3 is 4.90 Å². The third-order valence-electron chi connectivity index (χ3n) is 5.30. The maximum absolute atomic E-state index is 9.49. The Hall–Kier alpha value is -0.590. The molecule has 1 N–H and O–H groups in total. The summed E-state index contributed by atoms with van der Waals surface area (Å²) in [5.74, 6) is 0. The smallest absolute Gasteiger partial charge is 0.105 e. The molecule has 0 radical (unpaired) electrons. The van der Waals surface area contributed by atoms with Crippen LogP contribution in [0.15, 0.2) is 0 Å². The predicted molar refractivity (Wildman–Crippen MR) is 90.2 cm³/mol. The van der Waals surface area contributed by atoms with E-state index in [1.807, 2.05) is 6.92 Å². The Bertz CT molecular complexity index is 348. The van der Waals surface area contributed by atoms with Crippen molar-refractivity contribution in [1.29, 1.82) is 5.26 Å². The molecule has 21 heavy (non-hydrogen) atoms. The van der Waals surface area contributed by atoms with Crippen molar-refractivity contribution in [2.75, 3.05) is 13.6 Å². The van der Waals surface area contributed by atoms with Gasteiger partial charge in [-0.2, -0.15) is 5.26 Å². The fourth-order valence-corrected chi connectivity index (χ4v) is 3.44. The van der Waals surface area contributed by atoms with Gasteiger partial charge >= 0.3 is 0 Å². The lowest BCUT2D eigenvalue weighted by Crippen LogP contribution is -2.49. The highest BCUT2D eigenvalue weighted by atomic mass is 15.2. The van der Waals surface area contributed by atoms with Gasteiger partial charge in [-0.3, -0.25) is 5.32 Å². The first kappa shape index (κ1) is 18.5. The van der Waals surface area contributed by atoms with Gasteiger partial charge in [0.1, 0.15) is 5.54 Å². The van der Waals surface area contributed by atoms with Crippen molar-refractivity contribution in [1.82, 2.24) is 10.2 Å². The van der Waals surface area contributed by atoms with E-state index in [9.17, 15) is 5.26 Å². The predicted octanol–water partition coefficient (Wildman–Crippen LogP) is 3.95. The summed E-state index contributed by atoms with van der Waals surface area (Å²) in [5, 5.41) is 12.9. The summed E-state index contributed by atoms with van der Waals surface area (Å²) in [4.78, 5) is 2.51. The lowest BCUT2D eigenvalue weighted by molar-refractivity contribution is 0.0892. The zero-order valence-electron chi connectivity index (χ0n) is 15.0. The van der Waals surface area contributed by atoms with Gasteiger partial charge in [0, 0.05) is 12.1 Å². The van der Waals surface area contributed by atoms with Crippen LogP contribution in [0.3, 0.4) is 0 Å². The molecular formula is C18H35N3. The lowest BCUT2D eigenvalue weighted by Gasteiger charge is -2.42. The molecule has 3 nitrogen and oxygen atoms in total. The number of nitrogens with zero attached hydrogens (tertiary/aromatic N) is 2. The average molecular weight is 293 g/mol. The number of hydrogen-bond donors (Lipinski definition) is 1. The van der Waals surface area contributed by atoms with Crippen LogP contribution in [-0.2, 0) is 0 Å². The fraction of sp³-hybridized carbons (Fsp3) is 0.944. The minimum atomic E-state index is -0.405. The van der Waals surface area contributed by atoms with Crippen molar-refractivity contribution < 1.29 is 0 Å². The maximum Gasteiger partial charge on any atom is 0.105 e. The molecule has 0 aromatic heterocycles. The van der Waals surface area contributed by atoms with Gasteiger partial charge in [-0.05, 0) is 71.4 Å². The molecule has 1 fully saturated rings. The Balaban J connectivity index is 2.54. The lowest BCUT2D eigenvalue weighted by atomic mass is 9.75. The maximum atomic E-state index is 9.49. The second-order valence-electron chi connectivity index (χ2n) is 7.98. The highest BCUT2D eigenvalue weighted by Crippen LogP contribution is 2.37. The van der Waals surface area contributed by atoms with Crippen LogP contribution in [0.25, 0.3) is 0 Å². The molecule has 3 heteroatoms. The van der Waals surface area contributed by atoms with Crippen LogP contribution in [0.4, 0.5) is 0 Å². The average Bonchev–Trinajstić information content (AvgIpc) is 2.44. The largest absolute Gasteiger partial charge is 0.301 e. The summed E-state index contributed by atoms with van der Waals surface area (Å²) < 4.78 is 0. The van der Waals surface area contributed by atoms with Gasteiger partial charge in [0.25, 0.3) is 0 Å². The number of nitrogens with one attached hydrogen (secondary N) is 1. The highest BCUT2D eigenvalue weighted by Gasteiger charge is 2.33. The molecule has 1 saturated carbocycles. The summed E-state index contributed by atoms with van der Waals surface area (Å²) in [6, 6.07) is 3.60. The summed E-state index contributed by atoms with van der Waals surface area (Å²) in [5.41, 5.74) is 0.113. The zero-order valence-corrected chi connectivity index (χ0v) is 15.0. The molecule has 122 valence electrons. The summed E-state index contributed by atoms with van der Waals surface area (Å²) in [6.45, 7) is 12.1. The van der Waals surface area contributed by atoms with Gasteiger partial charge in [0.05, 0.1) is 6.07 Å². The molecule has 0 amide bonds. The molecule has 0 aromatic rings.